The Balaban J connectivity index is 1.90. The first-order chi connectivity index (χ1) is 11.9. The summed E-state index contributed by atoms with van der Waals surface area (Å²) in [7, 11) is -1.85. The quantitative estimate of drug-likeness (QED) is 0.711. The van der Waals surface area contributed by atoms with Crippen molar-refractivity contribution in [3.05, 3.63) is 71.8 Å². The highest BCUT2D eigenvalue weighted by Gasteiger charge is 2.41. The number of benzene rings is 2. The van der Waals surface area contributed by atoms with Crippen LogP contribution in [0.15, 0.2) is 60.7 Å². The first kappa shape index (κ1) is 17.7. The number of nitrogens with zero attached hydrogens (tertiary/aromatic N) is 1. The molecule has 3 rings (SSSR count). The molecule has 1 fully saturated rings. The average molecular weight is 356 g/mol. The second kappa shape index (κ2) is 7.41. The molecule has 1 heterocycles. The Hall–Kier alpha value is -2.11. The summed E-state index contributed by atoms with van der Waals surface area (Å²) in [5.41, 5.74) is 2.22. The molecule has 1 aliphatic rings. The third-order valence-electron chi connectivity index (χ3n) is 4.15. The summed E-state index contributed by atoms with van der Waals surface area (Å²) in [6.07, 6.45) is 0.0334. The lowest BCUT2D eigenvalue weighted by atomic mass is 10.1. The number of cyclic esters (lactones) is 1. The third kappa shape index (κ3) is 4.49. The molecule has 4 nitrogen and oxygen atoms in total. The zero-order valence-corrected chi connectivity index (χ0v) is 16.0. The molecule has 0 bridgehead atoms. The van der Waals surface area contributed by atoms with E-state index in [0.717, 1.165) is 11.1 Å². The monoisotopic (exact) mass is 355 g/mol. The number of amides is 1. The second-order valence-electron chi connectivity index (χ2n) is 7.29. The van der Waals surface area contributed by atoms with E-state index in [-0.39, 0.29) is 18.4 Å². The fourth-order valence-electron chi connectivity index (χ4n) is 3.10. The number of carbonyl (C=O) groups is 1. The summed E-state index contributed by atoms with van der Waals surface area (Å²) < 4.78 is 11.8. The van der Waals surface area contributed by atoms with Crippen molar-refractivity contribution in [1.82, 2.24) is 4.90 Å². The van der Waals surface area contributed by atoms with Gasteiger partial charge < -0.3 is 9.16 Å². The van der Waals surface area contributed by atoms with E-state index in [0.29, 0.717) is 13.0 Å². The molecule has 0 radical (unpaired) electrons. The molecular formula is C20H25NO3Si. The topological polar surface area (TPSA) is 38.8 Å². The Morgan fingerprint density at radius 3 is 2.28 bits per heavy atom. The second-order valence-corrected chi connectivity index (χ2v) is 11.7. The minimum absolute atomic E-state index is 0.112. The Labute approximate surface area is 150 Å². The Morgan fingerprint density at radius 1 is 1.08 bits per heavy atom. The van der Waals surface area contributed by atoms with Crippen LogP contribution in [-0.4, -0.2) is 32.1 Å². The average Bonchev–Trinajstić information content (AvgIpc) is 2.96. The van der Waals surface area contributed by atoms with E-state index in [1.54, 1.807) is 4.90 Å². The Morgan fingerprint density at radius 2 is 1.68 bits per heavy atom. The van der Waals surface area contributed by atoms with Gasteiger partial charge in [0.1, 0.15) is 12.8 Å². The maximum Gasteiger partial charge on any atom is 0.412 e. The highest BCUT2D eigenvalue weighted by atomic mass is 28.4. The largest absolute Gasteiger partial charge is 0.447 e. The van der Waals surface area contributed by atoms with Gasteiger partial charge in [-0.1, -0.05) is 60.7 Å². The SMILES string of the molecule is C[Si](C)(C)O[C@@H](Cc1ccccc1)N1C(=O)OC[C@H]1c1ccccc1. The zero-order chi connectivity index (χ0) is 17.9. The van der Waals surface area contributed by atoms with Gasteiger partial charge in [-0.05, 0) is 30.8 Å². The molecule has 1 amide bonds. The van der Waals surface area contributed by atoms with Gasteiger partial charge in [0.25, 0.3) is 0 Å². The smallest absolute Gasteiger partial charge is 0.412 e. The summed E-state index contributed by atoms with van der Waals surface area (Å²) in [6, 6.07) is 20.1. The normalized spacial score (nSPS) is 18.9. The molecule has 0 spiro atoms. The predicted octanol–water partition coefficient (Wildman–Crippen LogP) is 4.60. The van der Waals surface area contributed by atoms with Crippen molar-refractivity contribution in [2.75, 3.05) is 6.61 Å². The van der Waals surface area contributed by atoms with Crippen molar-refractivity contribution in [3.63, 3.8) is 0 Å². The molecule has 1 aliphatic heterocycles. The molecule has 2 atom stereocenters. The summed E-state index contributed by atoms with van der Waals surface area (Å²) in [5, 5.41) is 0. The van der Waals surface area contributed by atoms with Crippen molar-refractivity contribution in [3.8, 4) is 0 Å². The van der Waals surface area contributed by atoms with Gasteiger partial charge in [-0.25, -0.2) is 4.79 Å². The lowest BCUT2D eigenvalue weighted by Crippen LogP contribution is -2.46. The van der Waals surface area contributed by atoms with Gasteiger partial charge in [0.2, 0.25) is 0 Å². The molecule has 0 saturated carbocycles. The molecule has 2 aromatic rings. The van der Waals surface area contributed by atoms with E-state index in [4.69, 9.17) is 9.16 Å². The van der Waals surface area contributed by atoms with E-state index in [2.05, 4.69) is 31.8 Å². The molecule has 1 saturated heterocycles. The number of rotatable bonds is 6. The summed E-state index contributed by atoms with van der Waals surface area (Å²) in [5.74, 6) is 0. The predicted molar refractivity (Wildman–Crippen MR) is 101 cm³/mol. The van der Waals surface area contributed by atoms with Crippen LogP contribution in [0.4, 0.5) is 4.79 Å². The molecule has 2 aromatic carbocycles. The van der Waals surface area contributed by atoms with Crippen LogP contribution in [0.25, 0.3) is 0 Å². The summed E-state index contributed by atoms with van der Waals surface area (Å²) >= 11 is 0. The van der Waals surface area contributed by atoms with E-state index < -0.39 is 8.32 Å². The van der Waals surface area contributed by atoms with Gasteiger partial charge in [-0.2, -0.15) is 0 Å². The zero-order valence-electron chi connectivity index (χ0n) is 15.0. The van der Waals surface area contributed by atoms with Crippen molar-refractivity contribution in [2.45, 2.75) is 38.3 Å². The van der Waals surface area contributed by atoms with Crippen molar-refractivity contribution >= 4 is 14.4 Å². The molecule has 0 N–H and O–H groups in total. The van der Waals surface area contributed by atoms with Gasteiger partial charge in [-0.15, -0.1) is 0 Å². The summed E-state index contributed by atoms with van der Waals surface area (Å²) in [6.45, 7) is 6.79. The van der Waals surface area contributed by atoms with E-state index in [9.17, 15) is 4.79 Å². The lowest BCUT2D eigenvalue weighted by Gasteiger charge is -2.35. The first-order valence-corrected chi connectivity index (χ1v) is 12.1. The van der Waals surface area contributed by atoms with Crippen molar-refractivity contribution < 1.29 is 14.0 Å². The fraction of sp³-hybridized carbons (Fsp3) is 0.350. The van der Waals surface area contributed by atoms with Crippen LogP contribution in [0.1, 0.15) is 17.2 Å². The van der Waals surface area contributed by atoms with Crippen LogP contribution in [0, 0.1) is 0 Å². The molecular weight excluding hydrogens is 330 g/mol. The van der Waals surface area contributed by atoms with Crippen LogP contribution in [-0.2, 0) is 15.6 Å². The third-order valence-corrected chi connectivity index (χ3v) is 5.13. The minimum Gasteiger partial charge on any atom is -0.447 e. The molecule has 0 unspecified atom stereocenters. The van der Waals surface area contributed by atoms with E-state index >= 15 is 0 Å². The highest BCUT2D eigenvalue weighted by molar-refractivity contribution is 6.69. The molecule has 0 aromatic heterocycles. The fourth-order valence-corrected chi connectivity index (χ4v) is 4.12. The Kier molecular flexibility index (Phi) is 5.25. The Bertz CT molecular complexity index is 700. The van der Waals surface area contributed by atoms with Gasteiger partial charge in [0.15, 0.2) is 8.32 Å². The number of hydrogen-bond acceptors (Lipinski definition) is 3. The van der Waals surface area contributed by atoms with E-state index in [1.807, 2.05) is 48.5 Å². The van der Waals surface area contributed by atoms with Crippen LogP contribution in [0.3, 0.4) is 0 Å². The molecule has 0 aliphatic carbocycles. The van der Waals surface area contributed by atoms with Gasteiger partial charge in [-0.3, -0.25) is 4.90 Å². The first-order valence-electron chi connectivity index (χ1n) is 8.66. The van der Waals surface area contributed by atoms with E-state index in [1.165, 1.54) is 0 Å². The van der Waals surface area contributed by atoms with Crippen molar-refractivity contribution in [2.24, 2.45) is 0 Å². The standard InChI is InChI=1S/C20H25NO3Si/c1-25(2,3)24-19(14-16-10-6-4-7-11-16)21-18(15-23-20(21)22)17-12-8-5-9-13-17/h4-13,18-19H,14-15H2,1-3H3/t18-,19-/m0/s1. The maximum absolute atomic E-state index is 12.5. The maximum atomic E-state index is 12.5. The molecule has 25 heavy (non-hydrogen) atoms. The van der Waals surface area contributed by atoms with Crippen LogP contribution < -0.4 is 0 Å². The highest BCUT2D eigenvalue weighted by Crippen LogP contribution is 2.32. The minimum atomic E-state index is -1.85. The van der Waals surface area contributed by atoms with Crippen molar-refractivity contribution in [1.29, 1.82) is 0 Å². The summed E-state index contributed by atoms with van der Waals surface area (Å²) in [4.78, 5) is 14.3. The number of hydrogen-bond donors (Lipinski definition) is 0. The van der Waals surface area contributed by atoms with Crippen LogP contribution >= 0.6 is 0 Å². The van der Waals surface area contributed by atoms with Gasteiger partial charge in [0, 0.05) is 6.42 Å². The van der Waals surface area contributed by atoms with Crippen LogP contribution in [0.5, 0.6) is 0 Å². The molecule has 5 heteroatoms. The van der Waals surface area contributed by atoms with Gasteiger partial charge in [0.05, 0.1) is 6.04 Å². The number of ether oxygens (including phenoxy) is 1. The van der Waals surface area contributed by atoms with Gasteiger partial charge >= 0.3 is 6.09 Å². The molecule has 132 valence electrons. The lowest BCUT2D eigenvalue weighted by molar-refractivity contribution is 0.0334. The van der Waals surface area contributed by atoms with Crippen LogP contribution in [0.2, 0.25) is 19.6 Å². The number of carbonyl (C=O) groups excluding carboxylic acids is 1.